The predicted molar refractivity (Wildman–Crippen MR) is 108 cm³/mol. The molecule has 0 saturated heterocycles. The molecule has 0 saturated carbocycles. The van der Waals surface area contributed by atoms with Crippen molar-refractivity contribution in [2.75, 3.05) is 11.1 Å². The number of hydrogen-bond acceptors (Lipinski definition) is 5. The quantitative estimate of drug-likeness (QED) is 0.566. The minimum atomic E-state index is -0.110. The van der Waals surface area contributed by atoms with Crippen LogP contribution >= 0.6 is 35.1 Å². The van der Waals surface area contributed by atoms with Crippen molar-refractivity contribution in [3.8, 4) is 0 Å². The molecule has 0 fully saturated rings. The molecule has 0 unspecified atom stereocenters. The third-order valence-electron chi connectivity index (χ3n) is 3.40. The number of nitrogens with zero attached hydrogens (tertiary/aromatic N) is 2. The van der Waals surface area contributed by atoms with Gasteiger partial charge < -0.3 is 5.32 Å². The van der Waals surface area contributed by atoms with Gasteiger partial charge in [-0.25, -0.2) is 9.97 Å². The fraction of sp³-hybridized carbons (Fsp3) is 0.105. The lowest BCUT2D eigenvalue weighted by Gasteiger charge is -2.09. The van der Waals surface area contributed by atoms with Crippen LogP contribution in [-0.4, -0.2) is 21.6 Å². The molecule has 2 aromatic carbocycles. The Morgan fingerprint density at radius 2 is 1.81 bits per heavy atom. The maximum atomic E-state index is 12.3. The lowest BCUT2D eigenvalue weighted by molar-refractivity contribution is -0.113. The zero-order valence-corrected chi connectivity index (χ0v) is 16.4. The summed E-state index contributed by atoms with van der Waals surface area (Å²) in [6, 6.07) is 15.4. The normalized spacial score (nSPS) is 10.5. The van der Waals surface area contributed by atoms with Crippen LogP contribution in [0, 0.1) is 6.92 Å². The van der Waals surface area contributed by atoms with Crippen molar-refractivity contribution in [3.05, 3.63) is 71.5 Å². The van der Waals surface area contributed by atoms with Gasteiger partial charge in [0.1, 0.15) is 10.1 Å². The molecule has 0 bridgehead atoms. The molecule has 7 heteroatoms. The summed E-state index contributed by atoms with van der Waals surface area (Å²) in [7, 11) is 0. The molecule has 26 heavy (non-hydrogen) atoms. The number of nitrogens with one attached hydrogen (secondary N) is 1. The van der Waals surface area contributed by atoms with E-state index in [1.54, 1.807) is 24.5 Å². The Bertz CT molecular complexity index is 906. The van der Waals surface area contributed by atoms with Gasteiger partial charge in [0.2, 0.25) is 5.91 Å². The van der Waals surface area contributed by atoms with Crippen molar-refractivity contribution >= 4 is 46.7 Å². The third-order valence-corrected chi connectivity index (χ3v) is 5.75. The highest BCUT2D eigenvalue weighted by Crippen LogP contribution is 2.32. The van der Waals surface area contributed by atoms with E-state index in [-0.39, 0.29) is 11.7 Å². The highest BCUT2D eigenvalue weighted by molar-refractivity contribution is 8.02. The lowest BCUT2D eigenvalue weighted by atomic mass is 10.2. The fourth-order valence-corrected chi connectivity index (χ4v) is 4.03. The SMILES string of the molecule is Cc1ccc(Cl)cc1NC(=O)CSc1nccnc1Sc1ccccc1. The van der Waals surface area contributed by atoms with Crippen molar-refractivity contribution in [3.63, 3.8) is 0 Å². The van der Waals surface area contributed by atoms with Crippen LogP contribution in [0.15, 0.2) is 75.9 Å². The zero-order chi connectivity index (χ0) is 18.4. The van der Waals surface area contributed by atoms with Crippen molar-refractivity contribution in [1.29, 1.82) is 0 Å². The minimum Gasteiger partial charge on any atom is -0.325 e. The molecular formula is C19H16ClN3OS2. The largest absolute Gasteiger partial charge is 0.325 e. The molecule has 1 heterocycles. The Balaban J connectivity index is 1.64. The minimum absolute atomic E-state index is 0.110. The average Bonchev–Trinajstić information content (AvgIpc) is 2.65. The van der Waals surface area contributed by atoms with E-state index in [1.807, 2.05) is 43.3 Å². The van der Waals surface area contributed by atoms with E-state index < -0.39 is 0 Å². The van der Waals surface area contributed by atoms with Gasteiger partial charge >= 0.3 is 0 Å². The summed E-state index contributed by atoms with van der Waals surface area (Å²) < 4.78 is 0. The van der Waals surface area contributed by atoms with Crippen LogP contribution in [0.1, 0.15) is 5.56 Å². The van der Waals surface area contributed by atoms with E-state index in [4.69, 9.17) is 11.6 Å². The first-order valence-electron chi connectivity index (χ1n) is 7.84. The zero-order valence-electron chi connectivity index (χ0n) is 14.0. The first-order valence-corrected chi connectivity index (χ1v) is 10.0. The molecule has 1 amide bonds. The van der Waals surface area contributed by atoms with Crippen LogP contribution < -0.4 is 5.32 Å². The van der Waals surface area contributed by atoms with E-state index >= 15 is 0 Å². The van der Waals surface area contributed by atoms with Crippen LogP contribution in [0.4, 0.5) is 5.69 Å². The second kappa shape index (κ2) is 9.07. The van der Waals surface area contributed by atoms with Crippen LogP contribution in [0.25, 0.3) is 0 Å². The predicted octanol–water partition coefficient (Wildman–Crippen LogP) is 5.32. The summed E-state index contributed by atoms with van der Waals surface area (Å²) in [4.78, 5) is 22.1. The Labute approximate surface area is 165 Å². The van der Waals surface area contributed by atoms with E-state index in [0.717, 1.165) is 26.2 Å². The second-order valence-electron chi connectivity index (χ2n) is 5.38. The van der Waals surface area contributed by atoms with Gasteiger partial charge in [-0.3, -0.25) is 4.79 Å². The molecule has 0 aliphatic rings. The van der Waals surface area contributed by atoms with Crippen LogP contribution in [-0.2, 0) is 4.79 Å². The first-order chi connectivity index (χ1) is 12.6. The molecule has 132 valence electrons. The summed E-state index contributed by atoms with van der Waals surface area (Å²) in [5.41, 5.74) is 1.69. The Hall–Kier alpha value is -2.02. The summed E-state index contributed by atoms with van der Waals surface area (Å²) >= 11 is 8.89. The Morgan fingerprint density at radius 3 is 2.58 bits per heavy atom. The van der Waals surface area contributed by atoms with Crippen molar-refractivity contribution < 1.29 is 4.79 Å². The summed E-state index contributed by atoms with van der Waals surface area (Å²) in [6.07, 6.45) is 3.29. The van der Waals surface area contributed by atoms with Gasteiger partial charge in [0.05, 0.1) is 5.75 Å². The molecule has 0 atom stereocenters. The molecular weight excluding hydrogens is 386 g/mol. The van der Waals surface area contributed by atoms with Gasteiger partial charge in [-0.2, -0.15) is 0 Å². The molecule has 3 rings (SSSR count). The summed E-state index contributed by atoms with van der Waals surface area (Å²) in [5.74, 6) is 0.133. The van der Waals surface area contributed by atoms with Crippen molar-refractivity contribution in [2.45, 2.75) is 21.9 Å². The number of aromatic nitrogens is 2. The van der Waals surface area contributed by atoms with Gasteiger partial charge in [-0.1, -0.05) is 59.4 Å². The van der Waals surface area contributed by atoms with Crippen LogP contribution in [0.3, 0.4) is 0 Å². The van der Waals surface area contributed by atoms with E-state index in [9.17, 15) is 4.79 Å². The molecule has 0 aliphatic heterocycles. The highest BCUT2D eigenvalue weighted by atomic mass is 35.5. The Kier molecular flexibility index (Phi) is 6.55. The molecule has 3 aromatic rings. The topological polar surface area (TPSA) is 54.9 Å². The van der Waals surface area contributed by atoms with Crippen LogP contribution in [0.5, 0.6) is 0 Å². The van der Waals surface area contributed by atoms with Gasteiger partial charge in [0, 0.05) is 28.0 Å². The number of benzene rings is 2. The fourth-order valence-electron chi connectivity index (χ4n) is 2.13. The average molecular weight is 402 g/mol. The van der Waals surface area contributed by atoms with Crippen molar-refractivity contribution in [1.82, 2.24) is 9.97 Å². The number of carbonyl (C=O) groups excluding carboxylic acids is 1. The smallest absolute Gasteiger partial charge is 0.234 e. The van der Waals surface area contributed by atoms with E-state index in [0.29, 0.717) is 5.02 Å². The number of aryl methyl sites for hydroxylation is 1. The molecule has 1 N–H and O–H groups in total. The maximum absolute atomic E-state index is 12.3. The van der Waals surface area contributed by atoms with Crippen LogP contribution in [0.2, 0.25) is 5.02 Å². The van der Waals surface area contributed by atoms with Crippen molar-refractivity contribution in [2.24, 2.45) is 0 Å². The first kappa shape index (κ1) is 18.8. The molecule has 4 nitrogen and oxygen atoms in total. The second-order valence-corrected chi connectivity index (χ2v) is 7.84. The maximum Gasteiger partial charge on any atom is 0.234 e. The van der Waals surface area contributed by atoms with E-state index in [1.165, 1.54) is 23.5 Å². The number of amides is 1. The third kappa shape index (κ3) is 5.24. The number of halogens is 1. The van der Waals surface area contributed by atoms with E-state index in [2.05, 4.69) is 15.3 Å². The number of thioether (sulfide) groups is 1. The standard InChI is InChI=1S/C19H16ClN3OS2/c1-13-7-8-14(20)11-16(13)23-17(24)12-25-18-19(22-10-9-21-18)26-15-5-3-2-4-6-15/h2-11H,12H2,1H3,(H,23,24). The Morgan fingerprint density at radius 1 is 1.08 bits per heavy atom. The number of anilines is 1. The van der Waals surface area contributed by atoms with Gasteiger partial charge in [0.25, 0.3) is 0 Å². The number of rotatable bonds is 6. The summed E-state index contributed by atoms with van der Waals surface area (Å²) in [5, 5.41) is 5.01. The van der Waals surface area contributed by atoms with Gasteiger partial charge in [0.15, 0.2) is 0 Å². The lowest BCUT2D eigenvalue weighted by Crippen LogP contribution is -2.15. The summed E-state index contributed by atoms with van der Waals surface area (Å²) in [6.45, 7) is 1.93. The molecule has 0 aliphatic carbocycles. The number of hydrogen-bond donors (Lipinski definition) is 1. The number of carbonyl (C=O) groups is 1. The molecule has 0 spiro atoms. The molecule has 0 radical (unpaired) electrons. The molecule has 1 aromatic heterocycles. The van der Waals surface area contributed by atoms with Gasteiger partial charge in [-0.05, 0) is 36.8 Å². The highest BCUT2D eigenvalue weighted by Gasteiger charge is 2.11. The monoisotopic (exact) mass is 401 g/mol. The van der Waals surface area contributed by atoms with Gasteiger partial charge in [-0.15, -0.1) is 0 Å².